The smallest absolute Gasteiger partial charge is 0.0647 e. The van der Waals surface area contributed by atoms with Gasteiger partial charge in [0.15, 0.2) is 0 Å². The standard InChI is InChI=1S/C17H23N3/c1-14-3-5-15(6-4-14)13-18-16-7-9-17(10-8-16)20-12-2-11-19-20/h2,7-12,14-15,18H,3-6,13H2,1H3. The molecule has 106 valence electrons. The molecule has 3 heteroatoms. The van der Waals surface area contributed by atoms with Crippen molar-refractivity contribution in [3.05, 3.63) is 42.7 Å². The molecule has 2 aromatic rings. The largest absolute Gasteiger partial charge is 0.385 e. The summed E-state index contributed by atoms with van der Waals surface area (Å²) in [6.07, 6.45) is 9.30. The third-order valence-electron chi connectivity index (χ3n) is 4.37. The molecule has 1 aromatic heterocycles. The van der Waals surface area contributed by atoms with Gasteiger partial charge in [-0.05, 0) is 55.0 Å². The molecular formula is C17H23N3. The van der Waals surface area contributed by atoms with Crippen LogP contribution in [0.3, 0.4) is 0 Å². The summed E-state index contributed by atoms with van der Waals surface area (Å²) in [7, 11) is 0. The molecule has 3 nitrogen and oxygen atoms in total. The highest BCUT2D eigenvalue weighted by molar-refractivity contribution is 5.48. The fraction of sp³-hybridized carbons (Fsp3) is 0.471. The monoisotopic (exact) mass is 269 g/mol. The average molecular weight is 269 g/mol. The molecule has 1 aromatic carbocycles. The molecule has 1 aliphatic carbocycles. The van der Waals surface area contributed by atoms with Crippen LogP contribution in [0, 0.1) is 11.8 Å². The first-order chi connectivity index (χ1) is 9.81. The van der Waals surface area contributed by atoms with Crippen molar-refractivity contribution >= 4 is 5.69 Å². The Bertz CT molecular complexity index is 508. The number of hydrogen-bond donors (Lipinski definition) is 1. The summed E-state index contributed by atoms with van der Waals surface area (Å²) >= 11 is 0. The van der Waals surface area contributed by atoms with E-state index >= 15 is 0 Å². The van der Waals surface area contributed by atoms with Crippen LogP contribution in [0.15, 0.2) is 42.7 Å². The molecule has 1 fully saturated rings. The maximum Gasteiger partial charge on any atom is 0.0647 e. The van der Waals surface area contributed by atoms with Gasteiger partial charge < -0.3 is 5.32 Å². The van der Waals surface area contributed by atoms with Gasteiger partial charge in [0.1, 0.15) is 0 Å². The second-order valence-corrected chi connectivity index (χ2v) is 6.00. The van der Waals surface area contributed by atoms with E-state index in [4.69, 9.17) is 0 Å². The van der Waals surface area contributed by atoms with Crippen LogP contribution in [-0.4, -0.2) is 16.3 Å². The highest BCUT2D eigenvalue weighted by Gasteiger charge is 2.17. The van der Waals surface area contributed by atoms with Crippen molar-refractivity contribution in [2.24, 2.45) is 11.8 Å². The number of nitrogens with one attached hydrogen (secondary N) is 1. The number of aromatic nitrogens is 2. The molecule has 0 aliphatic heterocycles. The quantitative estimate of drug-likeness (QED) is 0.905. The van der Waals surface area contributed by atoms with Crippen LogP contribution in [0.4, 0.5) is 5.69 Å². The van der Waals surface area contributed by atoms with Crippen molar-refractivity contribution in [1.29, 1.82) is 0 Å². The van der Waals surface area contributed by atoms with Crippen molar-refractivity contribution in [1.82, 2.24) is 9.78 Å². The van der Waals surface area contributed by atoms with Gasteiger partial charge in [-0.3, -0.25) is 0 Å². The molecule has 1 N–H and O–H groups in total. The van der Waals surface area contributed by atoms with Crippen molar-refractivity contribution in [3.63, 3.8) is 0 Å². The van der Waals surface area contributed by atoms with Crippen LogP contribution in [0.5, 0.6) is 0 Å². The van der Waals surface area contributed by atoms with E-state index in [1.54, 1.807) is 6.20 Å². The van der Waals surface area contributed by atoms with E-state index < -0.39 is 0 Å². The van der Waals surface area contributed by atoms with Gasteiger partial charge in [0.2, 0.25) is 0 Å². The summed E-state index contributed by atoms with van der Waals surface area (Å²) in [4.78, 5) is 0. The molecule has 1 saturated carbocycles. The molecule has 0 unspecified atom stereocenters. The summed E-state index contributed by atoms with van der Waals surface area (Å²) in [5.74, 6) is 1.77. The zero-order chi connectivity index (χ0) is 13.8. The maximum atomic E-state index is 4.24. The maximum absolute atomic E-state index is 4.24. The predicted octanol–water partition coefficient (Wildman–Crippen LogP) is 4.11. The van der Waals surface area contributed by atoms with Gasteiger partial charge in [-0.15, -0.1) is 0 Å². The Morgan fingerprint density at radius 1 is 1.15 bits per heavy atom. The molecule has 0 atom stereocenters. The predicted molar refractivity (Wildman–Crippen MR) is 83.2 cm³/mol. The van der Waals surface area contributed by atoms with Crippen LogP contribution >= 0.6 is 0 Å². The Balaban J connectivity index is 1.53. The Morgan fingerprint density at radius 2 is 1.90 bits per heavy atom. The first kappa shape index (κ1) is 13.2. The molecule has 0 saturated heterocycles. The van der Waals surface area contributed by atoms with Crippen LogP contribution in [0.2, 0.25) is 0 Å². The lowest BCUT2D eigenvalue weighted by Crippen LogP contribution is -2.20. The number of nitrogens with zero attached hydrogens (tertiary/aromatic N) is 2. The van der Waals surface area contributed by atoms with Crippen molar-refractivity contribution in [3.8, 4) is 5.69 Å². The minimum Gasteiger partial charge on any atom is -0.385 e. The van der Waals surface area contributed by atoms with Gasteiger partial charge in [-0.1, -0.05) is 19.8 Å². The van der Waals surface area contributed by atoms with Crippen LogP contribution in [0.25, 0.3) is 5.69 Å². The lowest BCUT2D eigenvalue weighted by Gasteiger charge is -2.26. The zero-order valence-electron chi connectivity index (χ0n) is 12.1. The molecule has 1 heterocycles. The van der Waals surface area contributed by atoms with Gasteiger partial charge in [0.25, 0.3) is 0 Å². The minimum atomic E-state index is 0.844. The number of hydrogen-bond acceptors (Lipinski definition) is 2. The average Bonchev–Trinajstić information content (AvgIpc) is 3.01. The van der Waals surface area contributed by atoms with E-state index in [2.05, 4.69) is 41.6 Å². The summed E-state index contributed by atoms with van der Waals surface area (Å²) in [5.41, 5.74) is 2.31. The fourth-order valence-electron chi connectivity index (χ4n) is 2.95. The normalized spacial score (nSPS) is 22.6. The third-order valence-corrected chi connectivity index (χ3v) is 4.37. The molecule has 1 aliphatic rings. The molecular weight excluding hydrogens is 246 g/mol. The highest BCUT2D eigenvalue weighted by Crippen LogP contribution is 2.28. The molecule has 0 bridgehead atoms. The second-order valence-electron chi connectivity index (χ2n) is 6.00. The Hall–Kier alpha value is -1.77. The molecule has 0 radical (unpaired) electrons. The minimum absolute atomic E-state index is 0.844. The molecule has 0 amide bonds. The van der Waals surface area contributed by atoms with Gasteiger partial charge in [0.05, 0.1) is 5.69 Å². The molecule has 3 rings (SSSR count). The van der Waals surface area contributed by atoms with E-state index in [0.717, 1.165) is 24.1 Å². The summed E-state index contributed by atoms with van der Waals surface area (Å²) < 4.78 is 1.88. The highest BCUT2D eigenvalue weighted by atomic mass is 15.3. The second kappa shape index (κ2) is 6.12. The zero-order valence-corrected chi connectivity index (χ0v) is 12.1. The first-order valence-corrected chi connectivity index (χ1v) is 7.65. The number of rotatable bonds is 4. The van der Waals surface area contributed by atoms with E-state index in [1.807, 2.05) is 16.9 Å². The first-order valence-electron chi connectivity index (χ1n) is 7.65. The molecule has 0 spiro atoms. The third kappa shape index (κ3) is 3.21. The van der Waals surface area contributed by atoms with Crippen LogP contribution < -0.4 is 5.32 Å². The van der Waals surface area contributed by atoms with Crippen molar-refractivity contribution in [2.75, 3.05) is 11.9 Å². The fourth-order valence-corrected chi connectivity index (χ4v) is 2.95. The Morgan fingerprint density at radius 3 is 2.55 bits per heavy atom. The van der Waals surface area contributed by atoms with E-state index in [0.29, 0.717) is 0 Å². The van der Waals surface area contributed by atoms with Gasteiger partial charge >= 0.3 is 0 Å². The van der Waals surface area contributed by atoms with E-state index in [1.165, 1.54) is 31.4 Å². The Kier molecular flexibility index (Phi) is 4.05. The summed E-state index contributed by atoms with van der Waals surface area (Å²) in [6, 6.07) is 10.4. The van der Waals surface area contributed by atoms with E-state index in [9.17, 15) is 0 Å². The summed E-state index contributed by atoms with van der Waals surface area (Å²) in [6.45, 7) is 3.48. The van der Waals surface area contributed by atoms with Crippen molar-refractivity contribution in [2.45, 2.75) is 32.6 Å². The molecule has 20 heavy (non-hydrogen) atoms. The van der Waals surface area contributed by atoms with E-state index in [-0.39, 0.29) is 0 Å². The number of anilines is 1. The Labute approximate surface area is 121 Å². The SMILES string of the molecule is CC1CCC(CNc2ccc(-n3cccn3)cc2)CC1. The topological polar surface area (TPSA) is 29.9 Å². The van der Waals surface area contributed by atoms with Gasteiger partial charge in [0, 0.05) is 24.6 Å². The van der Waals surface area contributed by atoms with Gasteiger partial charge in [-0.25, -0.2) is 4.68 Å². The van der Waals surface area contributed by atoms with Crippen LogP contribution in [-0.2, 0) is 0 Å². The lowest BCUT2D eigenvalue weighted by molar-refractivity contribution is 0.300. The lowest BCUT2D eigenvalue weighted by atomic mass is 9.83. The summed E-state index contributed by atoms with van der Waals surface area (Å²) in [5, 5.41) is 7.81. The van der Waals surface area contributed by atoms with Gasteiger partial charge in [-0.2, -0.15) is 5.10 Å². The van der Waals surface area contributed by atoms with Crippen molar-refractivity contribution < 1.29 is 0 Å². The number of benzene rings is 1. The van der Waals surface area contributed by atoms with Crippen LogP contribution in [0.1, 0.15) is 32.6 Å².